The van der Waals surface area contributed by atoms with Gasteiger partial charge in [0, 0.05) is 12.7 Å². The summed E-state index contributed by atoms with van der Waals surface area (Å²) in [5.41, 5.74) is 1.02. The third kappa shape index (κ3) is 2.14. The molecule has 0 amide bonds. The number of hydrogen-bond acceptors (Lipinski definition) is 2. The number of pyridine rings is 1. The van der Waals surface area contributed by atoms with Crippen molar-refractivity contribution in [3.8, 4) is 0 Å². The van der Waals surface area contributed by atoms with E-state index in [1.165, 1.54) is 0 Å². The number of nitrogens with one attached hydrogen (secondary N) is 1. The molecule has 0 saturated carbocycles. The van der Waals surface area contributed by atoms with Crippen LogP contribution in [0, 0.1) is 0 Å². The minimum absolute atomic E-state index is 0.490. The maximum absolute atomic E-state index is 5.60. The molecule has 0 radical (unpaired) electrons. The average Bonchev–Trinajstić information content (AvgIpc) is 1.88. The van der Waals surface area contributed by atoms with E-state index in [2.05, 4.69) is 9.82 Å². The zero-order valence-corrected chi connectivity index (χ0v) is 6.65. The van der Waals surface area contributed by atoms with E-state index in [9.17, 15) is 0 Å². The van der Waals surface area contributed by atoms with Crippen LogP contribution >= 0.6 is 23.4 Å². The summed E-state index contributed by atoms with van der Waals surface area (Å²) in [5, 5.41) is 0.490. The van der Waals surface area contributed by atoms with Crippen LogP contribution in [-0.4, -0.2) is 4.98 Å². The second kappa shape index (κ2) is 3.76. The van der Waals surface area contributed by atoms with E-state index in [4.69, 9.17) is 23.4 Å². The van der Waals surface area contributed by atoms with Gasteiger partial charge in [0.05, 0.1) is 0 Å². The fourth-order valence-corrected chi connectivity index (χ4v) is 0.980. The average molecular weight is 177 g/mol. The highest BCUT2D eigenvalue weighted by Crippen LogP contribution is 2.06. The topological polar surface area (TPSA) is 24.9 Å². The fraction of sp³-hybridized carbons (Fsp3) is 0.167. The van der Waals surface area contributed by atoms with Gasteiger partial charge >= 0.3 is 0 Å². The lowest BCUT2D eigenvalue weighted by atomic mass is 10.3. The van der Waals surface area contributed by atoms with Crippen molar-refractivity contribution >= 4 is 23.4 Å². The van der Waals surface area contributed by atoms with Crippen molar-refractivity contribution in [1.29, 1.82) is 0 Å². The third-order valence-electron chi connectivity index (χ3n) is 1.06. The van der Waals surface area contributed by atoms with E-state index < -0.39 is 0 Å². The maximum atomic E-state index is 5.60. The first-order valence-electron chi connectivity index (χ1n) is 2.77. The molecule has 0 bridgehead atoms. The molecular weight excluding hydrogens is 171 g/mol. The molecule has 0 atom stereocenters. The van der Waals surface area contributed by atoms with Crippen molar-refractivity contribution in [3.05, 3.63) is 29.0 Å². The molecule has 10 heavy (non-hydrogen) atoms. The Bertz CT molecular complexity index is 215. The molecule has 0 aromatic carbocycles. The Morgan fingerprint density at radius 3 is 3.00 bits per heavy atom. The molecule has 1 aromatic rings. The standard InChI is InChI=1S/C6H6Cl2N2/c7-6-3-5(4-10-8)1-2-9-6/h1-3,10H,4H2. The van der Waals surface area contributed by atoms with Crippen LogP contribution in [0.15, 0.2) is 18.3 Å². The molecule has 1 rings (SSSR count). The lowest BCUT2D eigenvalue weighted by Gasteiger charge is -1.96. The van der Waals surface area contributed by atoms with Gasteiger partial charge in [-0.05, 0) is 29.5 Å². The summed E-state index contributed by atoms with van der Waals surface area (Å²) in [6.45, 7) is 0.601. The van der Waals surface area contributed by atoms with Gasteiger partial charge in [-0.1, -0.05) is 11.6 Å². The lowest BCUT2D eigenvalue weighted by Crippen LogP contribution is -1.97. The Labute approximate surface area is 69.3 Å². The first-order valence-corrected chi connectivity index (χ1v) is 3.52. The minimum Gasteiger partial charge on any atom is -0.245 e. The summed E-state index contributed by atoms with van der Waals surface area (Å²) in [5.74, 6) is 0. The molecule has 0 aliphatic rings. The summed E-state index contributed by atoms with van der Waals surface area (Å²) in [7, 11) is 0. The smallest absolute Gasteiger partial charge is 0.129 e. The van der Waals surface area contributed by atoms with Crippen molar-refractivity contribution in [1.82, 2.24) is 9.82 Å². The molecule has 0 aliphatic carbocycles. The highest BCUT2D eigenvalue weighted by molar-refractivity contribution is 6.29. The monoisotopic (exact) mass is 176 g/mol. The molecule has 0 spiro atoms. The second-order valence-electron chi connectivity index (χ2n) is 1.80. The molecule has 0 saturated heterocycles. The van der Waals surface area contributed by atoms with Gasteiger partial charge in [0.25, 0.3) is 0 Å². The lowest BCUT2D eigenvalue weighted by molar-refractivity contribution is 0.958. The molecule has 0 aliphatic heterocycles. The Morgan fingerprint density at radius 2 is 2.40 bits per heavy atom. The van der Waals surface area contributed by atoms with Crippen LogP contribution in [0.1, 0.15) is 5.56 Å². The molecule has 54 valence electrons. The summed E-state index contributed by atoms with van der Waals surface area (Å²) < 4.78 is 0. The third-order valence-corrected chi connectivity index (χ3v) is 1.40. The van der Waals surface area contributed by atoms with Crippen LogP contribution in [0.5, 0.6) is 0 Å². The SMILES string of the molecule is ClNCc1ccnc(Cl)c1. The summed E-state index contributed by atoms with van der Waals surface area (Å²) in [6, 6.07) is 3.61. The van der Waals surface area contributed by atoms with Gasteiger partial charge in [-0.15, -0.1) is 0 Å². The van der Waals surface area contributed by atoms with Crippen molar-refractivity contribution in [2.45, 2.75) is 6.54 Å². The van der Waals surface area contributed by atoms with Crippen LogP contribution in [0.25, 0.3) is 0 Å². The molecule has 1 aromatic heterocycles. The van der Waals surface area contributed by atoms with E-state index in [-0.39, 0.29) is 0 Å². The maximum Gasteiger partial charge on any atom is 0.129 e. The predicted molar refractivity (Wildman–Crippen MR) is 41.9 cm³/mol. The Morgan fingerprint density at radius 1 is 1.60 bits per heavy atom. The van der Waals surface area contributed by atoms with Crippen LogP contribution in [0.3, 0.4) is 0 Å². The molecule has 1 heterocycles. The number of halogens is 2. The number of nitrogens with zero attached hydrogens (tertiary/aromatic N) is 1. The van der Waals surface area contributed by atoms with Crippen LogP contribution in [0.2, 0.25) is 5.15 Å². The molecule has 2 nitrogen and oxygen atoms in total. The predicted octanol–water partition coefficient (Wildman–Crippen LogP) is 1.98. The van der Waals surface area contributed by atoms with Crippen LogP contribution < -0.4 is 4.84 Å². The normalized spacial score (nSPS) is 9.80. The van der Waals surface area contributed by atoms with Gasteiger partial charge in [-0.3, -0.25) is 0 Å². The van der Waals surface area contributed by atoms with E-state index >= 15 is 0 Å². The molecule has 1 N–H and O–H groups in total. The molecule has 0 unspecified atom stereocenters. The molecule has 0 fully saturated rings. The first kappa shape index (κ1) is 7.79. The largest absolute Gasteiger partial charge is 0.245 e. The highest BCUT2D eigenvalue weighted by Gasteiger charge is 1.91. The quantitative estimate of drug-likeness (QED) is 0.551. The van der Waals surface area contributed by atoms with Gasteiger partial charge in [-0.2, -0.15) is 0 Å². The Hall–Kier alpha value is -0.310. The van der Waals surface area contributed by atoms with E-state index in [0.717, 1.165) is 5.56 Å². The summed E-state index contributed by atoms with van der Waals surface area (Å²) in [4.78, 5) is 6.31. The summed E-state index contributed by atoms with van der Waals surface area (Å²) >= 11 is 10.9. The first-order chi connectivity index (χ1) is 4.83. The van der Waals surface area contributed by atoms with E-state index in [0.29, 0.717) is 11.7 Å². The Kier molecular flexibility index (Phi) is 2.93. The van der Waals surface area contributed by atoms with Crippen molar-refractivity contribution in [2.24, 2.45) is 0 Å². The van der Waals surface area contributed by atoms with E-state index in [1.807, 2.05) is 6.07 Å². The number of hydrogen-bond donors (Lipinski definition) is 1. The van der Waals surface area contributed by atoms with Crippen LogP contribution in [-0.2, 0) is 6.54 Å². The zero-order chi connectivity index (χ0) is 7.40. The van der Waals surface area contributed by atoms with Crippen LogP contribution in [0.4, 0.5) is 0 Å². The van der Waals surface area contributed by atoms with Gasteiger partial charge in [-0.25, -0.2) is 9.82 Å². The number of rotatable bonds is 2. The second-order valence-corrected chi connectivity index (χ2v) is 2.45. The van der Waals surface area contributed by atoms with Crippen molar-refractivity contribution in [3.63, 3.8) is 0 Å². The molecule has 4 heteroatoms. The molecular formula is C6H6Cl2N2. The van der Waals surface area contributed by atoms with Gasteiger partial charge in [0.1, 0.15) is 5.15 Å². The highest BCUT2D eigenvalue weighted by atomic mass is 35.5. The van der Waals surface area contributed by atoms with Gasteiger partial charge in [0.2, 0.25) is 0 Å². The van der Waals surface area contributed by atoms with E-state index in [1.54, 1.807) is 12.3 Å². The van der Waals surface area contributed by atoms with Crippen molar-refractivity contribution < 1.29 is 0 Å². The fourth-order valence-electron chi connectivity index (χ4n) is 0.630. The minimum atomic E-state index is 0.490. The van der Waals surface area contributed by atoms with Gasteiger partial charge < -0.3 is 0 Å². The summed E-state index contributed by atoms with van der Waals surface area (Å²) in [6.07, 6.45) is 1.64. The number of aromatic nitrogens is 1. The zero-order valence-electron chi connectivity index (χ0n) is 5.14. The Balaban J connectivity index is 2.75. The van der Waals surface area contributed by atoms with Gasteiger partial charge in [0.15, 0.2) is 0 Å². The van der Waals surface area contributed by atoms with Crippen molar-refractivity contribution in [2.75, 3.05) is 0 Å².